The van der Waals surface area contributed by atoms with E-state index in [1.54, 1.807) is 42.5 Å². The standard InChI is InChI=1S/C28H35N5O5/c1-19-11-15-32(16-12-19)14-6-13-29-25(34)18-30-27(35)26-21-7-4-5-8-22(21)28(36)33(31-26)20-9-10-23(37-2)24(17-20)38-3/h4-5,7-10,17,19H,6,11-16,18H2,1-3H3,(H,29,34)(H,30,35). The highest BCUT2D eigenvalue weighted by Crippen LogP contribution is 2.28. The van der Waals surface area contributed by atoms with E-state index in [4.69, 9.17) is 9.47 Å². The summed E-state index contributed by atoms with van der Waals surface area (Å²) in [6.45, 7) is 5.81. The fourth-order valence-electron chi connectivity index (χ4n) is 4.61. The number of aromatic nitrogens is 2. The minimum absolute atomic E-state index is 0.0436. The Balaban J connectivity index is 1.44. The predicted octanol–water partition coefficient (Wildman–Crippen LogP) is 2.37. The summed E-state index contributed by atoms with van der Waals surface area (Å²) in [5.41, 5.74) is 0.0701. The number of benzene rings is 2. The number of nitrogens with zero attached hydrogens (tertiary/aromatic N) is 3. The molecular weight excluding hydrogens is 486 g/mol. The van der Waals surface area contributed by atoms with Crippen molar-refractivity contribution < 1.29 is 19.1 Å². The highest BCUT2D eigenvalue weighted by atomic mass is 16.5. The molecule has 2 aromatic carbocycles. The van der Waals surface area contributed by atoms with Crippen molar-refractivity contribution in [3.8, 4) is 17.2 Å². The number of amides is 2. The van der Waals surface area contributed by atoms with Crippen molar-refractivity contribution in [1.29, 1.82) is 0 Å². The Morgan fingerprint density at radius 3 is 2.42 bits per heavy atom. The van der Waals surface area contributed by atoms with Gasteiger partial charge in [-0.05, 0) is 63.0 Å². The van der Waals surface area contributed by atoms with Crippen LogP contribution in [0.2, 0.25) is 0 Å². The van der Waals surface area contributed by atoms with E-state index < -0.39 is 5.91 Å². The number of carbonyl (C=O) groups is 2. The van der Waals surface area contributed by atoms with Gasteiger partial charge in [0.15, 0.2) is 17.2 Å². The molecule has 4 rings (SSSR count). The van der Waals surface area contributed by atoms with Gasteiger partial charge in [0.25, 0.3) is 11.5 Å². The van der Waals surface area contributed by atoms with E-state index in [2.05, 4.69) is 27.6 Å². The van der Waals surface area contributed by atoms with E-state index in [0.29, 0.717) is 34.5 Å². The molecule has 1 fully saturated rings. The van der Waals surface area contributed by atoms with Crippen LogP contribution in [0.15, 0.2) is 47.3 Å². The molecule has 10 heteroatoms. The molecule has 0 unspecified atom stereocenters. The monoisotopic (exact) mass is 521 g/mol. The van der Waals surface area contributed by atoms with Gasteiger partial charge in [-0.1, -0.05) is 25.1 Å². The molecule has 1 aromatic heterocycles. The minimum atomic E-state index is -0.548. The predicted molar refractivity (Wildman–Crippen MR) is 145 cm³/mol. The second-order valence-corrected chi connectivity index (χ2v) is 9.56. The van der Waals surface area contributed by atoms with E-state index >= 15 is 0 Å². The molecule has 202 valence electrons. The van der Waals surface area contributed by atoms with Crippen LogP contribution in [0, 0.1) is 5.92 Å². The van der Waals surface area contributed by atoms with Crippen LogP contribution < -0.4 is 25.7 Å². The third-order valence-corrected chi connectivity index (χ3v) is 6.89. The number of nitrogens with one attached hydrogen (secondary N) is 2. The number of likely N-dealkylation sites (tertiary alicyclic amines) is 1. The normalized spacial score (nSPS) is 14.3. The molecule has 0 atom stereocenters. The number of fused-ring (bicyclic) bond motifs is 1. The lowest BCUT2D eigenvalue weighted by molar-refractivity contribution is -0.120. The zero-order valence-corrected chi connectivity index (χ0v) is 22.2. The summed E-state index contributed by atoms with van der Waals surface area (Å²) in [5, 5.41) is 10.6. The Bertz CT molecular complexity index is 1350. The van der Waals surface area contributed by atoms with Gasteiger partial charge < -0.3 is 25.0 Å². The van der Waals surface area contributed by atoms with Crippen LogP contribution in [0.4, 0.5) is 0 Å². The highest BCUT2D eigenvalue weighted by molar-refractivity contribution is 6.05. The molecule has 0 radical (unpaired) electrons. The molecule has 0 saturated carbocycles. The van der Waals surface area contributed by atoms with Gasteiger partial charge in [0.1, 0.15) is 0 Å². The minimum Gasteiger partial charge on any atom is -0.493 e. The number of hydrogen-bond donors (Lipinski definition) is 2. The number of piperidine rings is 1. The van der Waals surface area contributed by atoms with Crippen molar-refractivity contribution >= 4 is 22.6 Å². The van der Waals surface area contributed by atoms with Gasteiger partial charge in [-0.25, -0.2) is 0 Å². The highest BCUT2D eigenvalue weighted by Gasteiger charge is 2.19. The first-order valence-corrected chi connectivity index (χ1v) is 12.9. The Kier molecular flexibility index (Phi) is 8.96. The van der Waals surface area contributed by atoms with Gasteiger partial charge in [-0.15, -0.1) is 0 Å². The Labute approximate surface area is 221 Å². The second-order valence-electron chi connectivity index (χ2n) is 9.56. The van der Waals surface area contributed by atoms with Crippen LogP contribution in [-0.2, 0) is 4.79 Å². The van der Waals surface area contributed by atoms with Crippen molar-refractivity contribution in [2.24, 2.45) is 5.92 Å². The summed E-state index contributed by atoms with van der Waals surface area (Å²) < 4.78 is 11.8. The average Bonchev–Trinajstić information content (AvgIpc) is 2.95. The van der Waals surface area contributed by atoms with Crippen LogP contribution in [0.3, 0.4) is 0 Å². The van der Waals surface area contributed by atoms with Crippen molar-refractivity contribution in [1.82, 2.24) is 25.3 Å². The van der Waals surface area contributed by atoms with Gasteiger partial charge in [0.05, 0.1) is 31.8 Å². The zero-order valence-electron chi connectivity index (χ0n) is 22.2. The molecule has 2 heterocycles. The summed E-state index contributed by atoms with van der Waals surface area (Å²) in [6, 6.07) is 11.7. The average molecular weight is 522 g/mol. The van der Waals surface area contributed by atoms with Crippen molar-refractivity contribution in [2.75, 3.05) is 46.9 Å². The van der Waals surface area contributed by atoms with Crippen LogP contribution in [0.5, 0.6) is 11.5 Å². The van der Waals surface area contributed by atoms with Crippen LogP contribution in [0.1, 0.15) is 36.7 Å². The first kappa shape index (κ1) is 27.1. The number of methoxy groups -OCH3 is 2. The maximum Gasteiger partial charge on any atom is 0.279 e. The maximum absolute atomic E-state index is 13.2. The fraction of sp³-hybridized carbons (Fsp3) is 0.429. The Morgan fingerprint density at radius 2 is 1.71 bits per heavy atom. The quantitative estimate of drug-likeness (QED) is 0.394. The van der Waals surface area contributed by atoms with E-state index in [1.165, 1.54) is 27.1 Å². The Morgan fingerprint density at radius 1 is 1.00 bits per heavy atom. The lowest BCUT2D eigenvalue weighted by atomic mass is 9.99. The molecule has 0 spiro atoms. The van der Waals surface area contributed by atoms with Gasteiger partial charge in [-0.3, -0.25) is 14.4 Å². The van der Waals surface area contributed by atoms with Crippen LogP contribution in [-0.4, -0.2) is 73.4 Å². The maximum atomic E-state index is 13.2. The SMILES string of the molecule is COc1ccc(-n2nc(C(=O)NCC(=O)NCCCN3CCC(C)CC3)c3ccccc3c2=O)cc1OC. The summed E-state index contributed by atoms with van der Waals surface area (Å²) in [4.78, 5) is 41.2. The molecule has 1 aliphatic heterocycles. The largest absolute Gasteiger partial charge is 0.493 e. The van der Waals surface area contributed by atoms with Gasteiger partial charge >= 0.3 is 0 Å². The van der Waals surface area contributed by atoms with Gasteiger partial charge in [0, 0.05) is 18.0 Å². The van der Waals surface area contributed by atoms with E-state index in [0.717, 1.165) is 36.7 Å². The first-order chi connectivity index (χ1) is 18.4. The second kappa shape index (κ2) is 12.6. The van der Waals surface area contributed by atoms with Gasteiger partial charge in [-0.2, -0.15) is 9.78 Å². The lowest BCUT2D eigenvalue weighted by Gasteiger charge is -2.30. The molecule has 1 aliphatic rings. The summed E-state index contributed by atoms with van der Waals surface area (Å²) in [7, 11) is 3.02. The van der Waals surface area contributed by atoms with E-state index in [1.807, 2.05) is 0 Å². The molecular formula is C28H35N5O5. The number of rotatable bonds is 10. The summed E-state index contributed by atoms with van der Waals surface area (Å²) >= 11 is 0. The van der Waals surface area contributed by atoms with Crippen LogP contribution in [0.25, 0.3) is 16.5 Å². The molecule has 3 aromatic rings. The third kappa shape index (κ3) is 6.31. The molecule has 2 amide bonds. The fourth-order valence-corrected chi connectivity index (χ4v) is 4.61. The van der Waals surface area contributed by atoms with Crippen molar-refractivity contribution in [3.05, 3.63) is 58.5 Å². The lowest BCUT2D eigenvalue weighted by Crippen LogP contribution is -2.39. The smallest absolute Gasteiger partial charge is 0.279 e. The topological polar surface area (TPSA) is 115 Å². The molecule has 38 heavy (non-hydrogen) atoms. The molecule has 10 nitrogen and oxygen atoms in total. The Hall–Kier alpha value is -3.92. The summed E-state index contributed by atoms with van der Waals surface area (Å²) in [5.74, 6) is 0.889. The first-order valence-electron chi connectivity index (χ1n) is 12.9. The van der Waals surface area contributed by atoms with E-state index in [9.17, 15) is 14.4 Å². The molecule has 0 bridgehead atoms. The zero-order chi connectivity index (χ0) is 27.1. The third-order valence-electron chi connectivity index (χ3n) is 6.89. The van der Waals surface area contributed by atoms with Crippen molar-refractivity contribution in [3.63, 3.8) is 0 Å². The van der Waals surface area contributed by atoms with Gasteiger partial charge in [0.2, 0.25) is 5.91 Å². The molecule has 0 aliphatic carbocycles. The summed E-state index contributed by atoms with van der Waals surface area (Å²) in [6.07, 6.45) is 3.30. The van der Waals surface area contributed by atoms with E-state index in [-0.39, 0.29) is 23.7 Å². The molecule has 2 N–H and O–H groups in total. The van der Waals surface area contributed by atoms with Crippen molar-refractivity contribution in [2.45, 2.75) is 26.2 Å². The molecule has 1 saturated heterocycles. The number of hydrogen-bond acceptors (Lipinski definition) is 7. The number of carbonyl (C=O) groups excluding carboxylic acids is 2. The van der Waals surface area contributed by atoms with Crippen LogP contribution >= 0.6 is 0 Å². The number of ether oxygens (including phenoxy) is 2.